The van der Waals surface area contributed by atoms with E-state index in [-0.39, 0.29) is 5.56 Å². The maximum absolute atomic E-state index is 13.5. The van der Waals surface area contributed by atoms with E-state index in [1.165, 1.54) is 18.2 Å². The third-order valence-electron chi connectivity index (χ3n) is 4.38. The summed E-state index contributed by atoms with van der Waals surface area (Å²) >= 11 is 6.13. The number of amides is 2. The van der Waals surface area contributed by atoms with E-state index < -0.39 is 17.6 Å². The minimum atomic E-state index is -0.518. The number of ether oxygens (including phenoxy) is 2. The summed E-state index contributed by atoms with van der Waals surface area (Å²) in [7, 11) is 0. The summed E-state index contributed by atoms with van der Waals surface area (Å²) in [5, 5.41) is 5.81. The molecule has 6 nitrogen and oxygen atoms in total. The highest BCUT2D eigenvalue weighted by Crippen LogP contribution is 2.37. The van der Waals surface area contributed by atoms with Gasteiger partial charge in [0.2, 0.25) is 0 Å². The van der Waals surface area contributed by atoms with Crippen LogP contribution in [-0.4, -0.2) is 25.0 Å². The molecule has 166 valence electrons. The van der Waals surface area contributed by atoms with E-state index in [1.54, 1.807) is 50.2 Å². The van der Waals surface area contributed by atoms with Gasteiger partial charge in [0.05, 0.1) is 35.2 Å². The number of benzene rings is 3. The SMILES string of the molecule is CCOc1cc(NC(=O)c2ccccc2Cl)c(OCC)cc1NC(=O)c1cccc(F)c1. The smallest absolute Gasteiger partial charge is 0.257 e. The quantitative estimate of drug-likeness (QED) is 0.450. The average molecular weight is 457 g/mol. The van der Waals surface area contributed by atoms with Crippen molar-refractivity contribution >= 4 is 34.8 Å². The zero-order chi connectivity index (χ0) is 23.1. The second kappa shape index (κ2) is 10.6. The lowest BCUT2D eigenvalue weighted by atomic mass is 10.1. The molecular formula is C24H22ClFN2O4. The van der Waals surface area contributed by atoms with Crippen LogP contribution < -0.4 is 20.1 Å². The highest BCUT2D eigenvalue weighted by atomic mass is 35.5. The molecule has 0 fully saturated rings. The van der Waals surface area contributed by atoms with Crippen LogP contribution in [0.4, 0.5) is 15.8 Å². The summed E-state index contributed by atoms with van der Waals surface area (Å²) in [6.45, 7) is 4.21. The molecule has 0 aliphatic heterocycles. The van der Waals surface area contributed by atoms with Crippen LogP contribution in [0.15, 0.2) is 60.7 Å². The molecule has 0 aliphatic carbocycles. The Balaban J connectivity index is 1.95. The Morgan fingerprint density at radius 2 is 1.44 bits per heavy atom. The molecule has 0 saturated carbocycles. The van der Waals surface area contributed by atoms with Crippen LogP contribution in [0.3, 0.4) is 0 Å². The highest BCUT2D eigenvalue weighted by molar-refractivity contribution is 6.34. The molecule has 0 spiro atoms. The third kappa shape index (κ3) is 5.56. The van der Waals surface area contributed by atoms with Crippen molar-refractivity contribution in [2.24, 2.45) is 0 Å². The van der Waals surface area contributed by atoms with E-state index in [1.807, 2.05) is 0 Å². The fourth-order valence-corrected chi connectivity index (χ4v) is 3.19. The molecule has 8 heteroatoms. The summed E-state index contributed by atoms with van der Waals surface area (Å²) in [4.78, 5) is 25.4. The summed E-state index contributed by atoms with van der Waals surface area (Å²) in [5.74, 6) is -0.812. The second-order valence-electron chi connectivity index (χ2n) is 6.61. The van der Waals surface area contributed by atoms with Gasteiger partial charge < -0.3 is 20.1 Å². The minimum absolute atomic E-state index is 0.154. The van der Waals surface area contributed by atoms with Crippen molar-refractivity contribution in [3.05, 3.63) is 82.6 Å². The predicted octanol–water partition coefficient (Wildman–Crippen LogP) is 5.78. The number of anilines is 2. The van der Waals surface area contributed by atoms with Crippen LogP contribution in [-0.2, 0) is 0 Å². The van der Waals surface area contributed by atoms with Crippen LogP contribution in [0.2, 0.25) is 5.02 Å². The summed E-state index contributed by atoms with van der Waals surface area (Å²) in [5.41, 5.74) is 1.13. The molecule has 3 aromatic carbocycles. The standard InChI is InChI=1S/C24H22ClFN2O4/c1-3-31-21-14-20(28-24(30)17-10-5-6-11-18(17)25)22(32-4-2)13-19(21)27-23(29)15-8-7-9-16(26)12-15/h5-14H,3-4H2,1-2H3,(H,27,29)(H,28,30). The number of halogens is 2. The van der Waals surface area contributed by atoms with Crippen LogP contribution >= 0.6 is 11.6 Å². The molecule has 0 bridgehead atoms. The monoisotopic (exact) mass is 456 g/mol. The Morgan fingerprint density at radius 1 is 0.844 bits per heavy atom. The average Bonchev–Trinajstić information content (AvgIpc) is 2.77. The number of carbonyl (C=O) groups is 2. The molecule has 32 heavy (non-hydrogen) atoms. The van der Waals surface area contributed by atoms with Gasteiger partial charge in [-0.05, 0) is 44.2 Å². The van der Waals surface area contributed by atoms with Crippen molar-refractivity contribution < 1.29 is 23.5 Å². The van der Waals surface area contributed by atoms with E-state index in [4.69, 9.17) is 21.1 Å². The van der Waals surface area contributed by atoms with Gasteiger partial charge >= 0.3 is 0 Å². The summed E-state index contributed by atoms with van der Waals surface area (Å²) in [6.07, 6.45) is 0. The Hall–Kier alpha value is -3.58. The van der Waals surface area contributed by atoms with E-state index in [2.05, 4.69) is 10.6 Å². The number of nitrogens with one attached hydrogen (secondary N) is 2. The summed E-state index contributed by atoms with van der Waals surface area (Å²) < 4.78 is 24.8. The van der Waals surface area contributed by atoms with Gasteiger partial charge in [-0.25, -0.2) is 4.39 Å². The Morgan fingerprint density at radius 3 is 2.00 bits per heavy atom. The van der Waals surface area contributed by atoms with Gasteiger partial charge in [-0.1, -0.05) is 29.8 Å². The molecule has 2 N–H and O–H groups in total. The molecule has 0 saturated heterocycles. The van der Waals surface area contributed by atoms with Gasteiger partial charge in [0.25, 0.3) is 11.8 Å². The van der Waals surface area contributed by atoms with Crippen molar-refractivity contribution in [3.63, 3.8) is 0 Å². The normalized spacial score (nSPS) is 10.4. The van der Waals surface area contributed by atoms with Gasteiger partial charge in [-0.15, -0.1) is 0 Å². The first-order valence-electron chi connectivity index (χ1n) is 9.99. The third-order valence-corrected chi connectivity index (χ3v) is 4.71. The zero-order valence-electron chi connectivity index (χ0n) is 17.6. The van der Waals surface area contributed by atoms with Crippen molar-refractivity contribution in [2.75, 3.05) is 23.8 Å². The minimum Gasteiger partial charge on any atom is -0.492 e. The second-order valence-corrected chi connectivity index (χ2v) is 7.02. The molecule has 0 heterocycles. The van der Waals surface area contributed by atoms with Gasteiger partial charge in [-0.3, -0.25) is 9.59 Å². The van der Waals surface area contributed by atoms with Gasteiger partial charge in [-0.2, -0.15) is 0 Å². The molecule has 0 atom stereocenters. The Labute approximate surface area is 190 Å². The van der Waals surface area contributed by atoms with Crippen molar-refractivity contribution in [1.82, 2.24) is 0 Å². The van der Waals surface area contributed by atoms with Gasteiger partial charge in [0, 0.05) is 17.7 Å². The largest absolute Gasteiger partial charge is 0.492 e. The molecular weight excluding hydrogens is 435 g/mol. The lowest BCUT2D eigenvalue weighted by Crippen LogP contribution is -2.16. The number of hydrogen-bond acceptors (Lipinski definition) is 4. The van der Waals surface area contributed by atoms with Crippen LogP contribution in [0.5, 0.6) is 11.5 Å². The van der Waals surface area contributed by atoms with E-state index in [0.29, 0.717) is 46.7 Å². The number of carbonyl (C=O) groups excluding carboxylic acids is 2. The van der Waals surface area contributed by atoms with Gasteiger partial charge in [0.15, 0.2) is 0 Å². The maximum Gasteiger partial charge on any atom is 0.257 e. The molecule has 0 aromatic heterocycles. The van der Waals surface area contributed by atoms with Crippen LogP contribution in [0, 0.1) is 5.82 Å². The molecule has 3 rings (SSSR count). The van der Waals surface area contributed by atoms with E-state index in [0.717, 1.165) is 6.07 Å². The lowest BCUT2D eigenvalue weighted by molar-refractivity contribution is 0.101. The summed E-state index contributed by atoms with van der Waals surface area (Å²) in [6, 6.07) is 15.1. The fourth-order valence-electron chi connectivity index (χ4n) is 2.96. The first-order chi connectivity index (χ1) is 15.4. The Kier molecular flexibility index (Phi) is 7.68. The predicted molar refractivity (Wildman–Crippen MR) is 123 cm³/mol. The van der Waals surface area contributed by atoms with Crippen LogP contribution in [0.25, 0.3) is 0 Å². The van der Waals surface area contributed by atoms with Crippen molar-refractivity contribution in [2.45, 2.75) is 13.8 Å². The number of hydrogen-bond donors (Lipinski definition) is 2. The molecule has 0 aliphatic rings. The lowest BCUT2D eigenvalue weighted by Gasteiger charge is -2.18. The maximum atomic E-state index is 13.5. The molecule has 3 aromatic rings. The fraction of sp³-hybridized carbons (Fsp3) is 0.167. The molecule has 0 radical (unpaired) electrons. The number of rotatable bonds is 8. The Bertz CT molecular complexity index is 1140. The zero-order valence-corrected chi connectivity index (χ0v) is 18.3. The van der Waals surface area contributed by atoms with E-state index >= 15 is 0 Å². The topological polar surface area (TPSA) is 76.7 Å². The molecule has 0 unspecified atom stereocenters. The van der Waals surface area contributed by atoms with Crippen molar-refractivity contribution in [3.8, 4) is 11.5 Å². The highest BCUT2D eigenvalue weighted by Gasteiger charge is 2.18. The van der Waals surface area contributed by atoms with Crippen LogP contribution in [0.1, 0.15) is 34.6 Å². The van der Waals surface area contributed by atoms with Crippen molar-refractivity contribution in [1.29, 1.82) is 0 Å². The van der Waals surface area contributed by atoms with E-state index in [9.17, 15) is 14.0 Å². The first-order valence-corrected chi connectivity index (χ1v) is 10.4. The van der Waals surface area contributed by atoms with Gasteiger partial charge in [0.1, 0.15) is 17.3 Å². The molecule has 2 amide bonds. The first kappa shape index (κ1) is 23.1.